The van der Waals surface area contributed by atoms with Gasteiger partial charge in [-0.1, -0.05) is 30.2 Å². The van der Waals surface area contributed by atoms with Crippen molar-refractivity contribution in [2.45, 2.75) is 64.4 Å². The number of fused-ring (bicyclic) bond motifs is 5. The van der Waals surface area contributed by atoms with Crippen LogP contribution in [0, 0.1) is 29.1 Å². The third-order valence-corrected chi connectivity index (χ3v) is 7.59. The highest BCUT2D eigenvalue weighted by Crippen LogP contribution is 2.59. The zero-order valence-corrected chi connectivity index (χ0v) is 14.8. The normalized spacial score (nSPS) is 44.1. The Balaban J connectivity index is 1.59. The highest BCUT2D eigenvalue weighted by molar-refractivity contribution is 5.93. The van der Waals surface area contributed by atoms with Crippen molar-refractivity contribution in [3.8, 4) is 0 Å². The molecule has 0 aromatic heterocycles. The fourth-order valence-electron chi connectivity index (χ4n) is 6.15. The van der Waals surface area contributed by atoms with E-state index in [-0.39, 0.29) is 17.4 Å². The van der Waals surface area contributed by atoms with Crippen LogP contribution in [-0.2, 0) is 4.79 Å². The molecule has 0 aromatic rings. The van der Waals surface area contributed by atoms with Crippen LogP contribution in [0.15, 0.2) is 36.0 Å². The lowest BCUT2D eigenvalue weighted by Gasteiger charge is -2.51. The van der Waals surface area contributed by atoms with Crippen molar-refractivity contribution in [1.29, 1.82) is 0 Å². The van der Waals surface area contributed by atoms with Crippen molar-refractivity contribution >= 4 is 5.78 Å². The van der Waals surface area contributed by atoms with E-state index in [1.165, 1.54) is 18.4 Å². The van der Waals surface area contributed by atoms with Gasteiger partial charge in [-0.2, -0.15) is 0 Å². The van der Waals surface area contributed by atoms with Crippen LogP contribution in [0.2, 0.25) is 0 Å². The van der Waals surface area contributed by atoms with Crippen LogP contribution >= 0.6 is 0 Å². The zero-order chi connectivity index (χ0) is 16.9. The van der Waals surface area contributed by atoms with E-state index in [1.54, 1.807) is 5.57 Å². The largest absolute Gasteiger partial charge is 0.392 e. The molecule has 6 atom stereocenters. The zero-order valence-electron chi connectivity index (χ0n) is 14.8. The molecule has 2 saturated carbocycles. The van der Waals surface area contributed by atoms with Gasteiger partial charge in [-0.15, -0.1) is 6.58 Å². The van der Waals surface area contributed by atoms with Crippen molar-refractivity contribution < 1.29 is 9.90 Å². The fraction of sp³-hybridized carbons (Fsp3) is 0.682. The third-order valence-electron chi connectivity index (χ3n) is 7.59. The smallest absolute Gasteiger partial charge is 0.158 e. The molecule has 0 radical (unpaired) electrons. The monoisotopic (exact) mass is 326 g/mol. The Labute approximate surface area is 145 Å². The second kappa shape index (κ2) is 5.98. The van der Waals surface area contributed by atoms with Crippen LogP contribution in [0.5, 0.6) is 0 Å². The summed E-state index contributed by atoms with van der Waals surface area (Å²) < 4.78 is 0. The molecular formula is C22H30O2. The van der Waals surface area contributed by atoms with E-state index >= 15 is 0 Å². The fourth-order valence-corrected chi connectivity index (χ4v) is 6.15. The summed E-state index contributed by atoms with van der Waals surface area (Å²) in [6, 6.07) is 0. The second-order valence-electron chi connectivity index (χ2n) is 8.70. The maximum Gasteiger partial charge on any atom is 0.158 e. The van der Waals surface area contributed by atoms with Crippen LogP contribution in [0.1, 0.15) is 58.3 Å². The molecule has 130 valence electrons. The van der Waals surface area contributed by atoms with Crippen molar-refractivity contribution in [3.05, 3.63) is 36.0 Å². The lowest BCUT2D eigenvalue weighted by Crippen LogP contribution is -2.45. The Morgan fingerprint density at radius 3 is 3.00 bits per heavy atom. The highest BCUT2D eigenvalue weighted by atomic mass is 16.3. The predicted octanol–water partition coefficient (Wildman–Crippen LogP) is 4.60. The molecule has 2 nitrogen and oxygen atoms in total. The summed E-state index contributed by atoms with van der Waals surface area (Å²) >= 11 is 0. The van der Waals surface area contributed by atoms with E-state index in [0.29, 0.717) is 23.5 Å². The van der Waals surface area contributed by atoms with Gasteiger partial charge in [-0.25, -0.2) is 0 Å². The lowest BCUT2D eigenvalue weighted by molar-refractivity contribution is -0.120. The quantitative estimate of drug-likeness (QED) is 0.770. The number of aliphatic hydroxyl groups excluding tert-OH is 1. The summed E-state index contributed by atoms with van der Waals surface area (Å²) in [7, 11) is 0. The first-order valence-corrected chi connectivity index (χ1v) is 9.78. The molecule has 4 rings (SSSR count). The van der Waals surface area contributed by atoms with Crippen LogP contribution < -0.4 is 0 Å². The first-order chi connectivity index (χ1) is 11.5. The molecule has 2 unspecified atom stereocenters. The minimum Gasteiger partial charge on any atom is -0.392 e. The van der Waals surface area contributed by atoms with E-state index < -0.39 is 0 Å². The number of hydrogen-bond donors (Lipinski definition) is 1. The standard InChI is InChI=1S/C22H30O2/c1-3-4-5-15-12-18-14(13-20(15)23)6-7-17-16(18)10-11-22(2)19(17)8-9-21(22)24/h3,8,13,15-18,21,24H,1,4-7,9-12H2,2H3/t15?,16-,17+,18-,21?,22-/m0/s1. The molecule has 4 aliphatic carbocycles. The molecule has 1 N–H and O–H groups in total. The molecular weight excluding hydrogens is 296 g/mol. The number of aliphatic hydroxyl groups is 1. The number of ketones is 1. The third kappa shape index (κ3) is 2.37. The Bertz CT molecular complexity index is 613. The molecule has 0 aromatic carbocycles. The maximum atomic E-state index is 12.4. The van der Waals surface area contributed by atoms with E-state index in [9.17, 15) is 9.90 Å². The van der Waals surface area contributed by atoms with Crippen LogP contribution in [-0.4, -0.2) is 17.0 Å². The van der Waals surface area contributed by atoms with Gasteiger partial charge >= 0.3 is 0 Å². The molecule has 0 spiro atoms. The topological polar surface area (TPSA) is 37.3 Å². The van der Waals surface area contributed by atoms with Crippen molar-refractivity contribution in [3.63, 3.8) is 0 Å². The second-order valence-corrected chi connectivity index (χ2v) is 8.70. The van der Waals surface area contributed by atoms with Gasteiger partial charge in [-0.3, -0.25) is 4.79 Å². The molecule has 0 bridgehead atoms. The summed E-state index contributed by atoms with van der Waals surface area (Å²) in [6.07, 6.45) is 14.5. The Morgan fingerprint density at radius 1 is 1.38 bits per heavy atom. The van der Waals surface area contributed by atoms with Gasteiger partial charge in [0, 0.05) is 11.3 Å². The number of hydrogen-bond acceptors (Lipinski definition) is 2. The first kappa shape index (κ1) is 16.3. The van der Waals surface area contributed by atoms with Crippen molar-refractivity contribution in [2.24, 2.45) is 29.1 Å². The molecule has 0 heterocycles. The predicted molar refractivity (Wildman–Crippen MR) is 96.4 cm³/mol. The number of carbonyl (C=O) groups excluding carboxylic acids is 1. The first-order valence-electron chi connectivity index (χ1n) is 9.78. The average Bonchev–Trinajstić information content (AvgIpc) is 2.88. The van der Waals surface area contributed by atoms with E-state index in [0.717, 1.165) is 38.5 Å². The van der Waals surface area contributed by atoms with Gasteiger partial charge in [0.2, 0.25) is 0 Å². The molecule has 24 heavy (non-hydrogen) atoms. The van der Waals surface area contributed by atoms with Gasteiger partial charge in [-0.05, 0) is 75.2 Å². The molecule has 0 aliphatic heterocycles. The molecule has 4 aliphatic rings. The summed E-state index contributed by atoms with van der Waals surface area (Å²) in [5.74, 6) is 2.48. The van der Waals surface area contributed by atoms with Gasteiger partial charge in [0.25, 0.3) is 0 Å². The highest BCUT2D eigenvalue weighted by Gasteiger charge is 2.52. The van der Waals surface area contributed by atoms with Crippen molar-refractivity contribution in [2.75, 3.05) is 0 Å². The number of carbonyl (C=O) groups is 1. The van der Waals surface area contributed by atoms with Crippen LogP contribution in [0.3, 0.4) is 0 Å². The molecule has 0 saturated heterocycles. The lowest BCUT2D eigenvalue weighted by atomic mass is 9.53. The van der Waals surface area contributed by atoms with E-state index in [1.807, 2.05) is 12.2 Å². The van der Waals surface area contributed by atoms with Gasteiger partial charge in [0.05, 0.1) is 6.10 Å². The van der Waals surface area contributed by atoms with Crippen LogP contribution in [0.4, 0.5) is 0 Å². The van der Waals surface area contributed by atoms with Gasteiger partial charge in [0.1, 0.15) is 0 Å². The summed E-state index contributed by atoms with van der Waals surface area (Å²) in [4.78, 5) is 12.4. The molecule has 2 heteroatoms. The summed E-state index contributed by atoms with van der Waals surface area (Å²) in [6.45, 7) is 6.08. The minimum absolute atomic E-state index is 0.0229. The minimum atomic E-state index is -0.182. The van der Waals surface area contributed by atoms with Gasteiger partial charge in [0.15, 0.2) is 5.78 Å². The SMILES string of the molecule is C=CCCC1C[C@H]2C(=CC1=O)CC[C@H]1C3=CCC(O)[C@@]3(C)CC[C@H]21. The van der Waals surface area contributed by atoms with Gasteiger partial charge < -0.3 is 5.11 Å². The maximum absolute atomic E-state index is 12.4. The Kier molecular flexibility index (Phi) is 4.07. The number of rotatable bonds is 3. The molecule has 2 fully saturated rings. The van der Waals surface area contributed by atoms with Crippen LogP contribution in [0.25, 0.3) is 0 Å². The average molecular weight is 326 g/mol. The van der Waals surface area contributed by atoms with Crippen molar-refractivity contribution in [1.82, 2.24) is 0 Å². The Morgan fingerprint density at radius 2 is 2.21 bits per heavy atom. The molecule has 0 amide bonds. The summed E-state index contributed by atoms with van der Waals surface area (Å²) in [5.41, 5.74) is 3.00. The Hall–Kier alpha value is -1.15. The summed E-state index contributed by atoms with van der Waals surface area (Å²) in [5, 5.41) is 10.5. The van der Waals surface area contributed by atoms with E-state index in [4.69, 9.17) is 0 Å². The van der Waals surface area contributed by atoms with E-state index in [2.05, 4.69) is 19.6 Å². The number of allylic oxidation sites excluding steroid dienone is 3.